The first-order valence-corrected chi connectivity index (χ1v) is 7.34. The molecule has 1 N–H and O–H groups in total. The highest BCUT2D eigenvalue weighted by atomic mass is 32.2. The van der Waals surface area contributed by atoms with Crippen LogP contribution >= 0.6 is 11.8 Å². The van der Waals surface area contributed by atoms with Crippen molar-refractivity contribution in [3.63, 3.8) is 0 Å². The van der Waals surface area contributed by atoms with Crippen LogP contribution in [0.4, 0.5) is 13.2 Å². The Morgan fingerprint density at radius 2 is 1.77 bits per heavy atom. The number of carboxylic acids is 1. The van der Waals surface area contributed by atoms with Gasteiger partial charge in [0.2, 0.25) is 0 Å². The Morgan fingerprint density at radius 3 is 2.27 bits per heavy atom. The van der Waals surface area contributed by atoms with Crippen molar-refractivity contribution in [3.8, 4) is 0 Å². The summed E-state index contributed by atoms with van der Waals surface area (Å²) in [5.74, 6) is -1.38. The number of aryl methyl sites for hydroxylation is 1. The van der Waals surface area contributed by atoms with E-state index in [0.717, 1.165) is 23.7 Å². The second-order valence-corrected chi connectivity index (χ2v) is 5.73. The average Bonchev–Trinajstić information content (AvgIpc) is 2.47. The van der Waals surface area contributed by atoms with E-state index in [1.54, 1.807) is 12.1 Å². The molecule has 0 aliphatic carbocycles. The van der Waals surface area contributed by atoms with Crippen LogP contribution in [0.5, 0.6) is 0 Å². The van der Waals surface area contributed by atoms with Crippen molar-refractivity contribution in [2.75, 3.05) is 0 Å². The molecule has 0 amide bonds. The van der Waals surface area contributed by atoms with Crippen LogP contribution < -0.4 is 0 Å². The first-order valence-electron chi connectivity index (χ1n) is 6.52. The van der Waals surface area contributed by atoms with Crippen LogP contribution in [-0.2, 0) is 12.6 Å². The Kier molecular flexibility index (Phi) is 4.81. The van der Waals surface area contributed by atoms with Crippen molar-refractivity contribution >= 4 is 17.7 Å². The van der Waals surface area contributed by atoms with E-state index in [1.807, 2.05) is 19.1 Å². The van der Waals surface area contributed by atoms with Gasteiger partial charge in [0.05, 0.1) is 11.1 Å². The summed E-state index contributed by atoms with van der Waals surface area (Å²) in [6, 6.07) is 10.3. The number of alkyl halides is 3. The molecule has 6 heteroatoms. The summed E-state index contributed by atoms with van der Waals surface area (Å²) in [6.45, 7) is 1.99. The van der Waals surface area contributed by atoms with Crippen molar-refractivity contribution < 1.29 is 23.1 Å². The molecule has 2 rings (SSSR count). The van der Waals surface area contributed by atoms with Gasteiger partial charge in [-0.2, -0.15) is 13.2 Å². The first-order chi connectivity index (χ1) is 10.3. The molecule has 0 atom stereocenters. The molecule has 0 aromatic heterocycles. The molecule has 0 spiro atoms. The molecule has 2 aromatic rings. The highest BCUT2D eigenvalue weighted by Gasteiger charge is 2.34. The largest absolute Gasteiger partial charge is 0.478 e. The van der Waals surface area contributed by atoms with Crippen LogP contribution in [0.25, 0.3) is 0 Å². The maximum atomic E-state index is 13.1. The van der Waals surface area contributed by atoms with E-state index in [-0.39, 0.29) is 10.5 Å². The Morgan fingerprint density at radius 1 is 1.14 bits per heavy atom. The lowest BCUT2D eigenvalue weighted by Gasteiger charge is -2.13. The summed E-state index contributed by atoms with van der Waals surface area (Å²) in [6.07, 6.45) is -3.75. The average molecular weight is 326 g/mol. The number of hydrogen-bond donors (Lipinski definition) is 1. The monoisotopic (exact) mass is 326 g/mol. The summed E-state index contributed by atoms with van der Waals surface area (Å²) in [5, 5.41) is 8.84. The van der Waals surface area contributed by atoms with Gasteiger partial charge >= 0.3 is 12.1 Å². The van der Waals surface area contributed by atoms with Gasteiger partial charge in [0.1, 0.15) is 0 Å². The van der Waals surface area contributed by atoms with Gasteiger partial charge in [-0.15, -0.1) is 0 Å². The molecular weight excluding hydrogens is 313 g/mol. The molecule has 0 heterocycles. The zero-order valence-corrected chi connectivity index (χ0v) is 12.5. The van der Waals surface area contributed by atoms with E-state index in [1.165, 1.54) is 12.1 Å². The Balaban J connectivity index is 2.38. The summed E-state index contributed by atoms with van der Waals surface area (Å²) in [4.78, 5) is 11.5. The van der Waals surface area contributed by atoms with Gasteiger partial charge in [-0.3, -0.25) is 0 Å². The van der Waals surface area contributed by atoms with Gasteiger partial charge in [0.15, 0.2) is 0 Å². The zero-order valence-electron chi connectivity index (χ0n) is 11.6. The minimum Gasteiger partial charge on any atom is -0.478 e. The molecule has 0 fully saturated rings. The van der Waals surface area contributed by atoms with Crippen molar-refractivity contribution in [1.29, 1.82) is 0 Å². The van der Waals surface area contributed by atoms with Crippen LogP contribution in [0, 0.1) is 0 Å². The molecular formula is C16H13F3O2S. The molecule has 0 radical (unpaired) electrons. The van der Waals surface area contributed by atoms with Gasteiger partial charge in [-0.05, 0) is 42.3 Å². The van der Waals surface area contributed by atoms with Crippen molar-refractivity contribution in [3.05, 3.63) is 59.2 Å². The molecule has 0 bridgehead atoms. The summed E-state index contributed by atoms with van der Waals surface area (Å²) >= 11 is 0.968. The second kappa shape index (κ2) is 6.44. The maximum absolute atomic E-state index is 13.1. The molecule has 116 valence electrons. The third-order valence-corrected chi connectivity index (χ3v) is 4.18. The molecule has 2 nitrogen and oxygen atoms in total. The standard InChI is InChI=1S/C16H13F3O2S/c1-2-10-3-6-12(7-4-10)22-14-8-5-11(15(20)21)9-13(14)16(17,18)19/h3-9H,2H2,1H3,(H,20,21). The van der Waals surface area contributed by atoms with E-state index < -0.39 is 17.7 Å². The lowest BCUT2D eigenvalue weighted by Crippen LogP contribution is -2.09. The quantitative estimate of drug-likeness (QED) is 0.847. The lowest BCUT2D eigenvalue weighted by atomic mass is 10.1. The van der Waals surface area contributed by atoms with Crippen molar-refractivity contribution in [2.45, 2.75) is 29.3 Å². The normalized spacial score (nSPS) is 11.5. The van der Waals surface area contributed by atoms with Gasteiger partial charge in [-0.1, -0.05) is 30.8 Å². The first kappa shape index (κ1) is 16.4. The molecule has 0 aliphatic rings. The Hall–Kier alpha value is -1.95. The number of benzene rings is 2. The van der Waals surface area contributed by atoms with E-state index in [4.69, 9.17) is 5.11 Å². The topological polar surface area (TPSA) is 37.3 Å². The molecule has 22 heavy (non-hydrogen) atoms. The van der Waals surface area contributed by atoms with Crippen LogP contribution in [0.2, 0.25) is 0 Å². The summed E-state index contributed by atoms with van der Waals surface area (Å²) in [5.41, 5.74) is -0.211. The maximum Gasteiger partial charge on any atom is 0.417 e. The molecule has 2 aromatic carbocycles. The predicted octanol–water partition coefficient (Wildman–Crippen LogP) is 5.12. The molecule has 0 unspecified atom stereocenters. The van der Waals surface area contributed by atoms with Crippen LogP contribution in [0.1, 0.15) is 28.4 Å². The molecule has 0 aliphatic heterocycles. The number of aromatic carboxylic acids is 1. The zero-order chi connectivity index (χ0) is 16.3. The number of carboxylic acid groups (broad SMARTS) is 1. The smallest absolute Gasteiger partial charge is 0.417 e. The highest BCUT2D eigenvalue weighted by molar-refractivity contribution is 7.99. The minimum absolute atomic E-state index is 0.0123. The van der Waals surface area contributed by atoms with Gasteiger partial charge in [-0.25, -0.2) is 4.79 Å². The SMILES string of the molecule is CCc1ccc(Sc2ccc(C(=O)O)cc2C(F)(F)F)cc1. The van der Waals surface area contributed by atoms with Gasteiger partial charge in [0.25, 0.3) is 0 Å². The molecule has 0 saturated heterocycles. The van der Waals surface area contributed by atoms with Crippen LogP contribution in [0.15, 0.2) is 52.3 Å². The fourth-order valence-corrected chi connectivity index (χ4v) is 2.84. The number of halogens is 3. The van der Waals surface area contributed by atoms with Gasteiger partial charge < -0.3 is 5.11 Å². The van der Waals surface area contributed by atoms with E-state index in [2.05, 4.69) is 0 Å². The van der Waals surface area contributed by atoms with Crippen LogP contribution in [0.3, 0.4) is 0 Å². The number of rotatable bonds is 4. The Labute approximate surface area is 130 Å². The summed E-state index contributed by atoms with van der Waals surface area (Å²) in [7, 11) is 0. The fourth-order valence-electron chi connectivity index (χ4n) is 1.89. The molecule has 0 saturated carbocycles. The number of hydrogen-bond acceptors (Lipinski definition) is 2. The third-order valence-electron chi connectivity index (χ3n) is 3.09. The number of carbonyl (C=O) groups is 1. The van der Waals surface area contributed by atoms with E-state index in [0.29, 0.717) is 11.0 Å². The van der Waals surface area contributed by atoms with Crippen molar-refractivity contribution in [2.24, 2.45) is 0 Å². The second-order valence-electron chi connectivity index (χ2n) is 4.61. The van der Waals surface area contributed by atoms with Gasteiger partial charge in [0, 0.05) is 9.79 Å². The fraction of sp³-hybridized carbons (Fsp3) is 0.188. The van der Waals surface area contributed by atoms with Crippen LogP contribution in [-0.4, -0.2) is 11.1 Å². The van der Waals surface area contributed by atoms with E-state index >= 15 is 0 Å². The van der Waals surface area contributed by atoms with Crippen molar-refractivity contribution in [1.82, 2.24) is 0 Å². The minimum atomic E-state index is -4.60. The van der Waals surface area contributed by atoms with E-state index in [9.17, 15) is 18.0 Å². The third kappa shape index (κ3) is 3.82. The Bertz CT molecular complexity index is 679. The lowest BCUT2D eigenvalue weighted by molar-refractivity contribution is -0.139. The summed E-state index contributed by atoms with van der Waals surface area (Å²) < 4.78 is 39.3. The predicted molar refractivity (Wildman–Crippen MR) is 78.3 cm³/mol. The highest BCUT2D eigenvalue weighted by Crippen LogP contribution is 2.40.